The largest absolute Gasteiger partial charge is 0.488 e. The van der Waals surface area contributed by atoms with Crippen LogP contribution in [0.2, 0.25) is 5.02 Å². The Balaban J connectivity index is 1.34. The van der Waals surface area contributed by atoms with E-state index < -0.39 is 0 Å². The highest BCUT2D eigenvalue weighted by molar-refractivity contribution is 9.10. The molecule has 0 unspecified atom stereocenters. The van der Waals surface area contributed by atoms with Crippen LogP contribution in [0.4, 0.5) is 0 Å². The van der Waals surface area contributed by atoms with Gasteiger partial charge in [-0.3, -0.25) is 14.7 Å². The minimum absolute atomic E-state index is 0.0511. The van der Waals surface area contributed by atoms with Crippen molar-refractivity contribution in [3.63, 3.8) is 0 Å². The van der Waals surface area contributed by atoms with Gasteiger partial charge < -0.3 is 4.74 Å². The van der Waals surface area contributed by atoms with E-state index in [2.05, 4.69) is 15.9 Å². The van der Waals surface area contributed by atoms with Crippen molar-refractivity contribution < 1.29 is 9.53 Å². The van der Waals surface area contributed by atoms with Crippen molar-refractivity contribution in [1.82, 2.24) is 4.90 Å². The smallest absolute Gasteiger partial charge is 0.267 e. The highest BCUT2D eigenvalue weighted by Gasteiger charge is 2.33. The Labute approximate surface area is 240 Å². The number of carbonyl (C=O) groups excluding carboxylic acids is 1. The van der Waals surface area contributed by atoms with E-state index in [0.717, 1.165) is 32.5 Å². The van der Waals surface area contributed by atoms with Crippen LogP contribution < -0.4 is 4.74 Å². The first kappa shape index (κ1) is 26.3. The van der Waals surface area contributed by atoms with Crippen LogP contribution in [-0.2, 0) is 24.5 Å². The molecule has 4 aromatic rings. The summed E-state index contributed by atoms with van der Waals surface area (Å²) in [5.74, 6) is 0.674. The van der Waals surface area contributed by atoms with Crippen LogP contribution in [0.25, 0.3) is 6.08 Å². The molecule has 0 radical (unpaired) electrons. The first-order valence-corrected chi connectivity index (χ1v) is 14.0. The molecule has 0 N–H and O–H groups in total. The number of rotatable bonds is 8. The van der Waals surface area contributed by atoms with Gasteiger partial charge in [-0.2, -0.15) is 0 Å². The second-order valence-electron chi connectivity index (χ2n) is 8.68. The van der Waals surface area contributed by atoms with Crippen LogP contribution in [0, 0.1) is 0 Å². The van der Waals surface area contributed by atoms with Gasteiger partial charge in [-0.25, -0.2) is 0 Å². The highest BCUT2D eigenvalue weighted by Crippen LogP contribution is 2.35. The number of halogens is 2. The molecule has 0 bridgehead atoms. The Kier molecular flexibility index (Phi) is 8.64. The molecule has 38 heavy (non-hydrogen) atoms. The fourth-order valence-corrected chi connectivity index (χ4v) is 5.50. The van der Waals surface area contributed by atoms with Crippen molar-refractivity contribution in [2.75, 3.05) is 0 Å². The third kappa shape index (κ3) is 6.76. The summed E-state index contributed by atoms with van der Waals surface area (Å²) in [5.41, 5.74) is 4.08. The standard InChI is InChI=1S/C31H24BrClN2O2S/c32-27-17-25(13-16-28(27)37-21-24-11-14-26(33)15-12-24)18-29-30(36)35(20-23-9-5-2-6-10-23)31(38-29)34-19-22-7-3-1-4-8-22/h1-18H,19-21H2/b29-18+,34-31?. The van der Waals surface area contributed by atoms with Crippen LogP contribution in [0.3, 0.4) is 0 Å². The Hall–Kier alpha value is -3.32. The first-order chi connectivity index (χ1) is 18.5. The fraction of sp³-hybridized carbons (Fsp3) is 0.0968. The topological polar surface area (TPSA) is 41.9 Å². The molecule has 4 nitrogen and oxygen atoms in total. The van der Waals surface area contributed by atoms with Crippen LogP contribution >= 0.6 is 39.3 Å². The van der Waals surface area contributed by atoms with Gasteiger partial charge in [-0.15, -0.1) is 0 Å². The van der Waals surface area contributed by atoms with Gasteiger partial charge in [0.25, 0.3) is 5.91 Å². The molecule has 1 amide bonds. The number of amidine groups is 1. The van der Waals surface area contributed by atoms with E-state index in [0.29, 0.717) is 34.8 Å². The predicted molar refractivity (Wildman–Crippen MR) is 160 cm³/mol. The van der Waals surface area contributed by atoms with E-state index in [9.17, 15) is 4.79 Å². The molecular formula is C31H24BrClN2O2S. The normalized spacial score (nSPS) is 15.4. The number of amides is 1. The zero-order valence-electron chi connectivity index (χ0n) is 20.4. The molecule has 1 heterocycles. The van der Waals surface area contributed by atoms with Gasteiger partial charge >= 0.3 is 0 Å². The highest BCUT2D eigenvalue weighted by atomic mass is 79.9. The number of nitrogens with zero attached hydrogens (tertiary/aromatic N) is 2. The molecule has 0 saturated carbocycles. The van der Waals surface area contributed by atoms with Crippen LogP contribution in [0.15, 0.2) is 117 Å². The first-order valence-electron chi connectivity index (χ1n) is 12.1. The maximum Gasteiger partial charge on any atom is 0.267 e. The lowest BCUT2D eigenvalue weighted by molar-refractivity contribution is -0.122. The summed E-state index contributed by atoms with van der Waals surface area (Å²) >= 11 is 11.0. The van der Waals surface area contributed by atoms with Crippen molar-refractivity contribution in [3.05, 3.63) is 140 Å². The third-order valence-electron chi connectivity index (χ3n) is 5.87. The Bertz CT molecular complexity index is 1480. The minimum Gasteiger partial charge on any atom is -0.488 e. The summed E-state index contributed by atoms with van der Waals surface area (Å²) in [6, 6.07) is 33.4. The Morgan fingerprint density at radius 3 is 2.24 bits per heavy atom. The lowest BCUT2D eigenvalue weighted by atomic mass is 10.2. The van der Waals surface area contributed by atoms with Gasteiger partial charge in [0.05, 0.1) is 22.5 Å². The second kappa shape index (κ2) is 12.5. The maximum absolute atomic E-state index is 13.5. The van der Waals surface area contributed by atoms with Gasteiger partial charge in [-0.1, -0.05) is 90.5 Å². The monoisotopic (exact) mass is 602 g/mol. The molecule has 1 fully saturated rings. The summed E-state index contributed by atoms with van der Waals surface area (Å²) < 4.78 is 6.79. The summed E-state index contributed by atoms with van der Waals surface area (Å²) in [4.78, 5) is 20.7. The summed E-state index contributed by atoms with van der Waals surface area (Å²) in [6.45, 7) is 1.42. The van der Waals surface area contributed by atoms with Gasteiger partial charge in [0.2, 0.25) is 0 Å². The minimum atomic E-state index is -0.0511. The second-order valence-corrected chi connectivity index (χ2v) is 11.0. The van der Waals surface area contributed by atoms with E-state index in [4.69, 9.17) is 21.3 Å². The number of benzene rings is 4. The molecule has 7 heteroatoms. The van der Waals surface area contributed by atoms with Crippen molar-refractivity contribution in [2.24, 2.45) is 4.99 Å². The molecule has 0 aliphatic carbocycles. The SMILES string of the molecule is O=C1/C(=C\c2ccc(OCc3ccc(Cl)cc3)c(Br)c2)SC(=NCc2ccccc2)N1Cc1ccccc1. The zero-order valence-corrected chi connectivity index (χ0v) is 23.5. The average molecular weight is 604 g/mol. The van der Waals surface area contributed by atoms with E-state index in [-0.39, 0.29) is 5.91 Å². The zero-order chi connectivity index (χ0) is 26.3. The molecule has 1 aliphatic rings. The van der Waals surface area contributed by atoms with Crippen LogP contribution in [0.5, 0.6) is 5.75 Å². The molecule has 4 aromatic carbocycles. The van der Waals surface area contributed by atoms with Crippen molar-refractivity contribution >= 4 is 56.4 Å². The molecule has 0 spiro atoms. The number of carbonyl (C=O) groups is 1. The Morgan fingerprint density at radius 1 is 0.868 bits per heavy atom. The predicted octanol–water partition coefficient (Wildman–Crippen LogP) is 8.35. The van der Waals surface area contributed by atoms with Crippen molar-refractivity contribution in [2.45, 2.75) is 19.7 Å². The summed E-state index contributed by atoms with van der Waals surface area (Å²) in [7, 11) is 0. The number of thioether (sulfide) groups is 1. The van der Waals surface area contributed by atoms with Crippen LogP contribution in [0.1, 0.15) is 22.3 Å². The molecule has 1 aliphatic heterocycles. The van der Waals surface area contributed by atoms with Crippen LogP contribution in [-0.4, -0.2) is 16.0 Å². The maximum atomic E-state index is 13.5. The number of hydrogen-bond donors (Lipinski definition) is 0. The fourth-order valence-electron chi connectivity index (χ4n) is 3.89. The third-order valence-corrected chi connectivity index (χ3v) is 7.79. The van der Waals surface area contributed by atoms with E-state index in [1.54, 1.807) is 4.90 Å². The molecule has 1 saturated heterocycles. The van der Waals surface area contributed by atoms with E-state index in [1.165, 1.54) is 11.8 Å². The van der Waals surface area contributed by atoms with Crippen molar-refractivity contribution in [3.8, 4) is 5.75 Å². The average Bonchev–Trinajstić information content (AvgIpc) is 3.22. The van der Waals surface area contributed by atoms with E-state index in [1.807, 2.05) is 109 Å². The van der Waals surface area contributed by atoms with Gasteiger partial charge in [0.15, 0.2) is 5.17 Å². The molecule has 190 valence electrons. The van der Waals surface area contributed by atoms with Crippen molar-refractivity contribution in [1.29, 1.82) is 0 Å². The Morgan fingerprint density at radius 2 is 1.55 bits per heavy atom. The lowest BCUT2D eigenvalue weighted by Gasteiger charge is -2.15. The number of aliphatic imine (C=N–C) groups is 1. The van der Waals surface area contributed by atoms with Gasteiger partial charge in [-0.05, 0) is 80.3 Å². The molecular weight excluding hydrogens is 580 g/mol. The van der Waals surface area contributed by atoms with Gasteiger partial charge in [0.1, 0.15) is 12.4 Å². The number of hydrogen-bond acceptors (Lipinski definition) is 4. The summed E-state index contributed by atoms with van der Waals surface area (Å²) in [6.07, 6.45) is 1.91. The number of ether oxygens (including phenoxy) is 1. The molecule has 0 aromatic heterocycles. The van der Waals surface area contributed by atoms with Gasteiger partial charge in [0, 0.05) is 5.02 Å². The molecule has 5 rings (SSSR count). The quantitative estimate of drug-likeness (QED) is 0.190. The summed E-state index contributed by atoms with van der Waals surface area (Å²) in [5, 5.41) is 1.40. The molecule has 0 atom stereocenters. The lowest BCUT2D eigenvalue weighted by Crippen LogP contribution is -2.28. The van der Waals surface area contributed by atoms with E-state index >= 15 is 0 Å².